The first-order chi connectivity index (χ1) is 61.1. The van der Waals surface area contributed by atoms with Crippen molar-refractivity contribution in [3.8, 4) is 0 Å². The zero-order valence-corrected chi connectivity index (χ0v) is 64.9. The standard InChI is InChI=1S/C36H19N5.2C35H18N6/c1-3-11-22-20(9-1)28-17-29-21-10-2-4-12-23(21)31-19-33-25-14-6-8-16-27(25)35-37-34-26-15-7-5-13-24(26)32-18-30(22)38(28)36(39(29)31,40(32)34)41(33)35;1-5-13-23-19(9-1)27-17-28-20-10-2-6-14-24(20)33-37-34-26-16-8-4-12-22(26)30-18-29-21-11-3-7-15-25(21)32-36-31(23)38(27)35(39(28)33,40(29)32)41(30)34;1-2-10-20-19(9-1)27-17-29-21-11-3-5-13-23(21)31-36-33-25-15-7-8-16-26(25)34-37-32-24-14-6-4-12-22(24)30-18-28(20)38(27)35(39(29)31,40(30)32)41(33)34/h1-19H;2*1-18H/q3*+2. The van der Waals surface area contributed by atoms with Gasteiger partial charge in [-0.25, -0.2) is 18.3 Å². The quantitative estimate of drug-likeness (QED) is 0.135. The van der Waals surface area contributed by atoms with E-state index in [9.17, 15) is 0 Å². The molecule has 0 radical (unpaired) electrons. The zero-order chi connectivity index (χ0) is 78.6. The van der Waals surface area contributed by atoms with Crippen molar-refractivity contribution in [1.29, 1.82) is 0 Å². The van der Waals surface area contributed by atoms with Gasteiger partial charge < -0.3 is 0 Å². The third kappa shape index (κ3) is 6.14. The van der Waals surface area contributed by atoms with Crippen molar-refractivity contribution in [3.05, 3.63) is 402 Å². The summed E-state index contributed by atoms with van der Waals surface area (Å²) in [4.78, 5) is 27.5. The van der Waals surface area contributed by atoms with Crippen LogP contribution in [0, 0.1) is 0 Å². The molecule has 0 bridgehead atoms. The number of hydrogen-bond acceptors (Lipinski definition) is 5. The van der Waals surface area contributed by atoms with E-state index in [1.165, 1.54) is 199 Å². The van der Waals surface area contributed by atoms with E-state index in [2.05, 4.69) is 389 Å². The lowest BCUT2D eigenvalue weighted by Gasteiger charge is -2.40. The molecule has 558 valence electrons. The van der Waals surface area contributed by atoms with Crippen molar-refractivity contribution >= 4 is 200 Å². The highest BCUT2D eigenvalue weighted by Crippen LogP contribution is 2.58. The molecule has 0 fully saturated rings. The van der Waals surface area contributed by atoms with Gasteiger partial charge in [-0.05, 0) is 128 Å². The predicted octanol–water partition coefficient (Wildman–Crippen LogP) is 13.0. The first-order valence-electron chi connectivity index (χ1n) is 42.3. The van der Waals surface area contributed by atoms with E-state index in [1.54, 1.807) is 0 Å². The van der Waals surface area contributed by atoms with Gasteiger partial charge in [0.05, 0.1) is 104 Å². The van der Waals surface area contributed by atoms with E-state index in [-0.39, 0.29) is 0 Å². The summed E-state index contributed by atoms with van der Waals surface area (Å²) in [5.74, 6) is 6.55. The van der Waals surface area contributed by atoms with Crippen molar-refractivity contribution in [3.63, 3.8) is 0 Å². The number of hydrogen-bond donors (Lipinski definition) is 0. The molecular formula is C106H55N17+6. The van der Waals surface area contributed by atoms with E-state index in [1.807, 2.05) is 0 Å². The molecule has 6 aromatic heterocycles. The average molecular weight is 1570 g/mol. The smallest absolute Gasteiger partial charge is 0.241 e. The second kappa shape index (κ2) is 19.6. The fraction of sp³-hybridized carbons (Fsp3) is 0.0283. The van der Waals surface area contributed by atoms with Gasteiger partial charge in [0.15, 0.2) is 0 Å². The number of aliphatic imine (C=N–C) groups is 4. The minimum absolute atomic E-state index is 0.735. The highest BCUT2D eigenvalue weighted by Gasteiger charge is 2.75. The van der Waals surface area contributed by atoms with Crippen LogP contribution < -0.4 is 32.2 Å². The maximum absolute atomic E-state index is 5.52. The molecule has 17 nitrogen and oxygen atoms in total. The van der Waals surface area contributed by atoms with Crippen LogP contribution in [0.1, 0.15) is 78.1 Å². The van der Waals surface area contributed by atoms with E-state index in [4.69, 9.17) is 25.0 Å². The second-order valence-electron chi connectivity index (χ2n) is 34.6. The third-order valence-corrected chi connectivity index (χ3v) is 29.5. The molecule has 17 heteroatoms. The Morgan fingerprint density at radius 1 is 0.187 bits per heavy atom. The minimum atomic E-state index is -0.798. The Hall–Kier alpha value is -16.8. The highest BCUT2D eigenvalue weighted by atomic mass is 15.7. The number of amidine groups is 5. The maximum Gasteiger partial charge on any atom is 0.499 e. The van der Waals surface area contributed by atoms with Crippen LogP contribution in [-0.4, -0.2) is 113 Å². The molecule has 12 aromatic carbocycles. The van der Waals surface area contributed by atoms with Gasteiger partial charge in [-0.2, -0.15) is 9.13 Å². The molecule has 123 heavy (non-hydrogen) atoms. The van der Waals surface area contributed by atoms with Gasteiger partial charge in [-0.1, -0.05) is 188 Å². The van der Waals surface area contributed by atoms with Crippen molar-refractivity contribution < 1.29 is 27.5 Å². The summed E-state index contributed by atoms with van der Waals surface area (Å²) in [5.41, 5.74) is 26.3. The minimum Gasteiger partial charge on any atom is -0.241 e. The number of rotatable bonds is 0. The summed E-state index contributed by atoms with van der Waals surface area (Å²) < 4.78 is 30.1. The van der Waals surface area contributed by atoms with Gasteiger partial charge in [-0.15, -0.1) is 27.5 Å². The zero-order valence-electron chi connectivity index (χ0n) is 64.9. The molecule has 0 saturated carbocycles. The number of benzene rings is 12. The molecule has 2 unspecified atom stereocenters. The van der Waals surface area contributed by atoms with Gasteiger partial charge in [0.25, 0.3) is 28.8 Å². The number of fused-ring (bicyclic) bond motifs is 36. The second-order valence-corrected chi connectivity index (χ2v) is 34.6. The molecule has 3 spiro atoms. The van der Waals surface area contributed by atoms with Crippen molar-refractivity contribution in [2.24, 2.45) is 25.0 Å². The first kappa shape index (κ1) is 60.7. The van der Waals surface area contributed by atoms with Crippen LogP contribution in [0.5, 0.6) is 0 Å². The summed E-state index contributed by atoms with van der Waals surface area (Å²) >= 11 is 0. The number of aromatic nitrogens is 6. The van der Waals surface area contributed by atoms with Crippen LogP contribution in [0.25, 0.3) is 119 Å². The summed E-state index contributed by atoms with van der Waals surface area (Å²) in [6, 6.07) is 105. The highest BCUT2D eigenvalue weighted by molar-refractivity contribution is 6.34. The molecule has 0 saturated heterocycles. The van der Waals surface area contributed by atoms with Crippen LogP contribution in [0.3, 0.4) is 0 Å². The first-order valence-corrected chi connectivity index (χ1v) is 42.3. The lowest BCUT2D eigenvalue weighted by molar-refractivity contribution is -0.798. The average Bonchev–Trinajstić information content (AvgIpc) is 1.48. The summed E-state index contributed by atoms with van der Waals surface area (Å²) in [5, 5.41) is 20.6. The molecule has 18 aliphatic heterocycles. The van der Waals surface area contributed by atoms with Gasteiger partial charge in [0, 0.05) is 108 Å². The molecule has 24 heterocycles. The van der Waals surface area contributed by atoms with Gasteiger partial charge in [-0.3, -0.25) is 0 Å². The fourth-order valence-corrected chi connectivity index (χ4v) is 25.2. The Morgan fingerprint density at radius 2 is 0.439 bits per heavy atom. The van der Waals surface area contributed by atoms with Crippen LogP contribution in [0.15, 0.2) is 316 Å². The van der Waals surface area contributed by atoms with Crippen molar-refractivity contribution in [1.82, 2.24) is 27.4 Å². The van der Waals surface area contributed by atoms with Gasteiger partial charge in [0.2, 0.25) is 11.4 Å². The summed E-state index contributed by atoms with van der Waals surface area (Å²) in [6.45, 7) is 0. The van der Waals surface area contributed by atoms with Gasteiger partial charge in [0.1, 0.15) is 28.5 Å². The maximum atomic E-state index is 5.52. The largest absolute Gasteiger partial charge is 0.499 e. The Kier molecular flexibility index (Phi) is 9.69. The molecule has 36 rings (SSSR count). The van der Waals surface area contributed by atoms with Crippen LogP contribution in [0.2, 0.25) is 0 Å². The Morgan fingerprint density at radius 3 is 0.829 bits per heavy atom. The van der Waals surface area contributed by atoms with E-state index in [0.717, 1.165) is 68.7 Å². The Labute approximate surface area is 694 Å². The molecule has 0 amide bonds. The normalized spacial score (nSPS) is 20.0. The van der Waals surface area contributed by atoms with Crippen LogP contribution >= 0.6 is 0 Å². The molecule has 0 aliphatic carbocycles. The molecule has 2 atom stereocenters. The lowest BCUT2D eigenvalue weighted by atomic mass is 10.0. The molecule has 18 aliphatic rings. The van der Waals surface area contributed by atoms with Crippen LogP contribution in [-0.2, 0) is 17.7 Å². The summed E-state index contributed by atoms with van der Waals surface area (Å²) in [7, 11) is 0. The van der Waals surface area contributed by atoms with E-state index >= 15 is 0 Å². The van der Waals surface area contributed by atoms with Crippen LogP contribution in [0.4, 0.5) is 23.3 Å². The predicted molar refractivity (Wildman–Crippen MR) is 479 cm³/mol. The SMILES string of the molecule is C1=C2c3ccccc3C3=[N+]2C24n5c1c1ccccc1c5N=C1c5ccccc5C(=[N+]12)C=c1c2ccccc2c(n14)=C3.C1=C2c3ccccc3C3=[N+]2C24n5c1c1ccccc1c5N=C1c5ccccc5C(=[N+]12)C=c1c2ccccc2c(n14)=N3.C1=c2c3ccccc3c3n2C24n5c(c6ccccc6c5N=C5c6ccccc6C(=[N+]52)C=3)N=C2c3ccccc3C1=[N+]24. The Balaban J connectivity index is 0.0000000848. The third-order valence-electron chi connectivity index (χ3n) is 29.5. The molecule has 0 N–H and O–H groups in total. The van der Waals surface area contributed by atoms with E-state index in [0.29, 0.717) is 0 Å². The monoisotopic (exact) mass is 1570 g/mol. The topological polar surface area (TPSA) is 109 Å². The van der Waals surface area contributed by atoms with Gasteiger partial charge >= 0.3 is 46.9 Å². The van der Waals surface area contributed by atoms with Crippen molar-refractivity contribution in [2.75, 3.05) is 0 Å². The fourth-order valence-electron chi connectivity index (χ4n) is 25.2. The lowest BCUT2D eigenvalue weighted by Crippen LogP contribution is -2.71. The van der Waals surface area contributed by atoms with Crippen molar-refractivity contribution in [2.45, 2.75) is 17.7 Å². The molecular weight excluding hydrogens is 1510 g/mol. The van der Waals surface area contributed by atoms with E-state index < -0.39 is 17.7 Å². The summed E-state index contributed by atoms with van der Waals surface area (Å²) in [6.07, 6.45) is 16.7. The Bertz CT molecular complexity index is 8250. The molecule has 18 aromatic rings. The number of nitrogens with zero attached hydrogens (tertiary/aromatic N) is 17.